The Morgan fingerprint density at radius 3 is 2.17 bits per heavy atom. The Morgan fingerprint density at radius 1 is 1.67 bits per heavy atom. The molecular weight excluding hydrogens is 188 g/mol. The van der Waals surface area contributed by atoms with E-state index in [-0.39, 0.29) is 0 Å². The molecule has 0 rings (SSSR count). The van der Waals surface area contributed by atoms with E-state index in [9.17, 15) is 0 Å². The van der Waals surface area contributed by atoms with Gasteiger partial charge in [-0.2, -0.15) is 22.4 Å². The summed E-state index contributed by atoms with van der Waals surface area (Å²) in [7, 11) is 4.10. The summed E-state index contributed by atoms with van der Waals surface area (Å²) in [6.45, 7) is 0. The fourth-order valence-corrected chi connectivity index (χ4v) is 0.926. The van der Waals surface area contributed by atoms with Crippen molar-refractivity contribution in [2.24, 2.45) is 0 Å². The van der Waals surface area contributed by atoms with Crippen LogP contribution in [0.1, 0.15) is 0 Å². The van der Waals surface area contributed by atoms with Gasteiger partial charge < -0.3 is 4.90 Å². The molecule has 0 amide bonds. The highest BCUT2D eigenvalue weighted by Gasteiger charge is 1.83. The molecule has 0 aromatic heterocycles. The average Bonchev–Trinajstić information content (AvgIpc) is 1.35. The molecule has 0 heterocycles. The van der Waals surface area contributed by atoms with Crippen LogP contribution in [-0.4, -0.2) is 30.6 Å². The minimum Gasteiger partial charge on any atom is -0.316 e. The van der Waals surface area contributed by atoms with E-state index in [2.05, 4.69) is 46.5 Å². The normalized spacial score (nSPS) is 9.33. The number of rotatable bonds is 2. The average molecular weight is 196 g/mol. The van der Waals surface area contributed by atoms with Gasteiger partial charge in [-0.3, -0.25) is 0 Å². The van der Waals surface area contributed by atoms with Crippen molar-refractivity contribution >= 4 is 27.5 Å². The molecule has 3 heteroatoms. The molecule has 0 aliphatic rings. The lowest BCUT2D eigenvalue weighted by Gasteiger charge is -2.02. The van der Waals surface area contributed by atoms with E-state index in [0.29, 0.717) is 0 Å². The first-order valence-electron chi connectivity index (χ1n) is 1.84. The molecule has 0 saturated carbocycles. The molecule has 0 N–H and O–H groups in total. The molecule has 0 aliphatic carbocycles. The second-order valence-electron chi connectivity index (χ2n) is 1.42. The van der Waals surface area contributed by atoms with Crippen LogP contribution in [0.25, 0.3) is 0 Å². The summed E-state index contributed by atoms with van der Waals surface area (Å²) in [5.41, 5.74) is 0. The van der Waals surface area contributed by atoms with Gasteiger partial charge in [0.2, 0.25) is 5.14 Å². The Hall–Kier alpha value is 0.755. The molecule has 0 atom stereocenters. The molecule has 1 nitrogen and oxygen atoms in total. The van der Waals surface area contributed by atoms with Gasteiger partial charge in [-0.05, 0) is 20.5 Å². The quantitative estimate of drug-likeness (QED) is 0.460. The Morgan fingerprint density at radius 2 is 2.17 bits per heavy atom. The number of nitrogens with zero attached hydrogens (tertiary/aromatic N) is 1. The molecule has 6 heavy (non-hydrogen) atoms. The van der Waals surface area contributed by atoms with Gasteiger partial charge in [-0.25, -0.2) is 0 Å². The summed E-state index contributed by atoms with van der Waals surface area (Å²) in [6.07, 6.45) is 1.07. The zero-order valence-electron chi connectivity index (χ0n) is 4.11. The summed E-state index contributed by atoms with van der Waals surface area (Å²) in [4.78, 5) is 2.12. The predicted molar refractivity (Wildman–Crippen MR) is 38.3 cm³/mol. The molecule has 0 spiro atoms. The van der Waals surface area contributed by atoms with E-state index in [0.717, 1.165) is 6.44 Å². The summed E-state index contributed by atoms with van der Waals surface area (Å²) in [6, 6.07) is 0. The molecule has 35 valence electrons. The Kier molecular flexibility index (Phi) is 4.42. The highest BCUT2D eigenvalue weighted by Crippen LogP contribution is 1.76. The molecule has 0 aromatic carbocycles. The van der Waals surface area contributed by atoms with Gasteiger partial charge in [0.05, 0.1) is 0 Å². The van der Waals surface area contributed by atoms with Crippen molar-refractivity contribution in [2.45, 2.75) is 0 Å². The molecule has 0 aromatic rings. The third-order valence-corrected chi connectivity index (χ3v) is 0.828. The molecular formula is C3H8BIN. The van der Waals surface area contributed by atoms with Crippen LogP contribution in [-0.2, 0) is 0 Å². The van der Waals surface area contributed by atoms with E-state index >= 15 is 0 Å². The van der Waals surface area contributed by atoms with Crippen molar-refractivity contribution in [2.75, 3.05) is 20.5 Å². The first-order chi connectivity index (χ1) is 2.77. The van der Waals surface area contributed by atoms with E-state index in [4.69, 9.17) is 0 Å². The van der Waals surface area contributed by atoms with Crippen LogP contribution in [0, 0.1) is 0 Å². The number of hydrogen-bond acceptors (Lipinski definition) is 1. The van der Waals surface area contributed by atoms with Gasteiger partial charge in [0, 0.05) is 0 Å². The van der Waals surface area contributed by atoms with Crippen molar-refractivity contribution in [3.05, 3.63) is 0 Å². The molecule has 0 aliphatic heterocycles. The zero-order valence-corrected chi connectivity index (χ0v) is 6.27. The number of hydrogen-bond donors (Lipinski definition) is 0. The van der Waals surface area contributed by atoms with Crippen LogP contribution >= 0.6 is 22.4 Å². The summed E-state index contributed by atoms with van der Waals surface area (Å²) < 4.78 is 0. The van der Waals surface area contributed by atoms with Gasteiger partial charge in [0.25, 0.3) is 0 Å². The summed E-state index contributed by atoms with van der Waals surface area (Å²) in [5, 5.41) is 2.09. The fraction of sp³-hybridized carbons (Fsp3) is 1.00. The van der Waals surface area contributed by atoms with Crippen molar-refractivity contribution in [3.63, 3.8) is 0 Å². The number of halogens is 1. The van der Waals surface area contributed by atoms with Crippen molar-refractivity contribution in [1.29, 1.82) is 0 Å². The zero-order chi connectivity index (χ0) is 4.99. The van der Waals surface area contributed by atoms with Crippen molar-refractivity contribution in [1.82, 2.24) is 4.90 Å². The third-order valence-electron chi connectivity index (χ3n) is 0.434. The topological polar surface area (TPSA) is 3.24 Å². The van der Waals surface area contributed by atoms with Gasteiger partial charge in [-0.15, -0.1) is 0 Å². The van der Waals surface area contributed by atoms with E-state index in [1.165, 1.54) is 0 Å². The van der Waals surface area contributed by atoms with E-state index < -0.39 is 0 Å². The van der Waals surface area contributed by atoms with Gasteiger partial charge in [0.1, 0.15) is 0 Å². The lowest BCUT2D eigenvalue weighted by Crippen LogP contribution is -2.15. The highest BCUT2D eigenvalue weighted by atomic mass is 127. The second kappa shape index (κ2) is 3.93. The highest BCUT2D eigenvalue weighted by molar-refractivity contribution is 14.1. The lowest BCUT2D eigenvalue weighted by atomic mass is 10.1. The van der Waals surface area contributed by atoms with Gasteiger partial charge in [-0.1, -0.05) is 0 Å². The Bertz CT molecular complexity index is 32.0. The van der Waals surface area contributed by atoms with Crippen LogP contribution in [0.3, 0.4) is 0 Å². The maximum absolute atomic E-state index is 2.24. The summed E-state index contributed by atoms with van der Waals surface area (Å²) in [5.74, 6) is 0. The van der Waals surface area contributed by atoms with Crippen molar-refractivity contribution < 1.29 is 0 Å². The second-order valence-corrected chi connectivity index (χ2v) is 2.30. The SMILES string of the molecule is CN(C)C[B]I. The predicted octanol–water partition coefficient (Wildman–Crippen LogP) is 0.560. The molecule has 0 saturated heterocycles. The van der Waals surface area contributed by atoms with Gasteiger partial charge in [0.15, 0.2) is 0 Å². The Balaban J connectivity index is 2.63. The largest absolute Gasteiger partial charge is 0.316 e. The summed E-state index contributed by atoms with van der Waals surface area (Å²) >= 11 is 2.24. The Labute approximate surface area is 53.2 Å². The monoisotopic (exact) mass is 196 g/mol. The third kappa shape index (κ3) is 4.75. The molecule has 1 radical (unpaired) electrons. The van der Waals surface area contributed by atoms with Crippen LogP contribution in [0.4, 0.5) is 0 Å². The molecule has 0 unspecified atom stereocenters. The van der Waals surface area contributed by atoms with Crippen molar-refractivity contribution in [3.8, 4) is 0 Å². The minimum absolute atomic E-state index is 1.07. The van der Waals surface area contributed by atoms with Gasteiger partial charge >= 0.3 is 0 Å². The van der Waals surface area contributed by atoms with Crippen LogP contribution < -0.4 is 0 Å². The maximum atomic E-state index is 2.24. The molecule has 0 fully saturated rings. The first kappa shape index (κ1) is 6.75. The van der Waals surface area contributed by atoms with Crippen LogP contribution in [0.5, 0.6) is 0 Å². The standard InChI is InChI=1S/C3H8BIN/c1-6(2)3-4-5/h3H2,1-2H3. The van der Waals surface area contributed by atoms with Crippen LogP contribution in [0.15, 0.2) is 0 Å². The molecule has 0 bridgehead atoms. The maximum Gasteiger partial charge on any atom is 0.216 e. The van der Waals surface area contributed by atoms with Crippen LogP contribution in [0.2, 0.25) is 0 Å². The fourth-order valence-electron chi connectivity index (χ4n) is 0.138. The lowest BCUT2D eigenvalue weighted by molar-refractivity contribution is 0.480. The van der Waals surface area contributed by atoms with E-state index in [1.807, 2.05) is 0 Å². The smallest absolute Gasteiger partial charge is 0.216 e. The first-order valence-corrected chi connectivity index (χ1v) is 3.08. The van der Waals surface area contributed by atoms with E-state index in [1.54, 1.807) is 0 Å². The minimum atomic E-state index is 1.07.